The summed E-state index contributed by atoms with van der Waals surface area (Å²) < 4.78 is 0. The number of aryl methyl sites for hydroxylation is 1. The van der Waals surface area contributed by atoms with Crippen LogP contribution in [0.1, 0.15) is 48.5 Å². The summed E-state index contributed by atoms with van der Waals surface area (Å²) in [7, 11) is 0. The largest absolute Gasteiger partial charge is 0.303 e. The molecule has 0 amide bonds. The van der Waals surface area contributed by atoms with Gasteiger partial charge < -0.3 is 5.32 Å². The minimum absolute atomic E-state index is 0.456. The molecule has 98 valence electrons. The Morgan fingerprint density at radius 1 is 1.05 bits per heavy atom. The van der Waals surface area contributed by atoms with Crippen LogP contribution in [0, 0.1) is 0 Å². The molecule has 1 N–H and O–H groups in total. The van der Waals surface area contributed by atoms with Gasteiger partial charge in [-0.2, -0.15) is 0 Å². The van der Waals surface area contributed by atoms with Crippen molar-refractivity contribution in [3.8, 4) is 0 Å². The molecule has 1 aliphatic rings. The van der Waals surface area contributed by atoms with E-state index < -0.39 is 0 Å². The number of benzene rings is 2. The van der Waals surface area contributed by atoms with Crippen LogP contribution in [0.2, 0.25) is 0 Å². The summed E-state index contributed by atoms with van der Waals surface area (Å²) in [6.07, 6.45) is 3.56. The fourth-order valence-electron chi connectivity index (χ4n) is 3.11. The van der Waals surface area contributed by atoms with Crippen LogP contribution in [0.25, 0.3) is 0 Å². The Labute approximate surface area is 115 Å². The van der Waals surface area contributed by atoms with Crippen molar-refractivity contribution in [3.05, 3.63) is 71.3 Å². The normalized spacial score (nSPS) is 19.1. The highest BCUT2D eigenvalue weighted by molar-refractivity contribution is 5.34. The van der Waals surface area contributed by atoms with Gasteiger partial charge in [0.15, 0.2) is 0 Å². The molecule has 0 aromatic heterocycles. The lowest BCUT2D eigenvalue weighted by Crippen LogP contribution is -2.24. The van der Waals surface area contributed by atoms with E-state index in [-0.39, 0.29) is 0 Å². The van der Waals surface area contributed by atoms with Crippen LogP contribution in [-0.4, -0.2) is 0 Å². The summed E-state index contributed by atoms with van der Waals surface area (Å²) in [4.78, 5) is 0. The van der Waals surface area contributed by atoms with E-state index in [9.17, 15) is 0 Å². The van der Waals surface area contributed by atoms with E-state index in [1.54, 1.807) is 0 Å². The van der Waals surface area contributed by atoms with Gasteiger partial charge in [0.05, 0.1) is 0 Å². The Balaban J connectivity index is 1.78. The molecule has 0 heterocycles. The second-order valence-electron chi connectivity index (χ2n) is 5.33. The molecule has 1 nitrogen and oxygen atoms in total. The molecule has 2 aromatic carbocycles. The zero-order valence-electron chi connectivity index (χ0n) is 11.5. The smallest absolute Gasteiger partial charge is 0.0331 e. The van der Waals surface area contributed by atoms with Crippen LogP contribution in [0.3, 0.4) is 0 Å². The van der Waals surface area contributed by atoms with Crippen molar-refractivity contribution in [1.29, 1.82) is 0 Å². The van der Waals surface area contributed by atoms with Crippen LogP contribution < -0.4 is 5.32 Å². The monoisotopic (exact) mass is 251 g/mol. The first-order valence-electron chi connectivity index (χ1n) is 7.27. The summed E-state index contributed by atoms with van der Waals surface area (Å²) in [5.41, 5.74) is 4.41. The topological polar surface area (TPSA) is 12.0 Å². The molecule has 2 aromatic rings. The number of nitrogens with one attached hydrogen (secondary N) is 1. The van der Waals surface area contributed by atoms with E-state index in [0.717, 1.165) is 6.42 Å². The molecule has 0 saturated carbocycles. The van der Waals surface area contributed by atoms with Crippen LogP contribution in [0.15, 0.2) is 54.6 Å². The minimum atomic E-state index is 0.456. The maximum atomic E-state index is 3.84. The summed E-state index contributed by atoms with van der Waals surface area (Å²) in [5.74, 6) is 0. The molecule has 0 fully saturated rings. The van der Waals surface area contributed by atoms with Crippen LogP contribution >= 0.6 is 0 Å². The van der Waals surface area contributed by atoms with Gasteiger partial charge in [-0.3, -0.25) is 0 Å². The van der Waals surface area contributed by atoms with Crippen LogP contribution in [0.4, 0.5) is 0 Å². The lowest BCUT2D eigenvalue weighted by Gasteiger charge is -2.23. The Morgan fingerprint density at radius 2 is 1.79 bits per heavy atom. The molecule has 1 aliphatic carbocycles. The van der Waals surface area contributed by atoms with Crippen molar-refractivity contribution in [3.63, 3.8) is 0 Å². The average molecular weight is 251 g/mol. The number of rotatable bonds is 4. The highest BCUT2D eigenvalue weighted by Gasteiger charge is 2.24. The Morgan fingerprint density at radius 3 is 2.58 bits per heavy atom. The van der Waals surface area contributed by atoms with Gasteiger partial charge in [-0.15, -0.1) is 0 Å². The summed E-state index contributed by atoms with van der Waals surface area (Å²) >= 11 is 0. The van der Waals surface area contributed by atoms with E-state index in [2.05, 4.69) is 66.8 Å². The van der Waals surface area contributed by atoms with Gasteiger partial charge in [0.1, 0.15) is 0 Å². The lowest BCUT2D eigenvalue weighted by molar-refractivity contribution is 0.433. The van der Waals surface area contributed by atoms with Gasteiger partial charge in [-0.25, -0.2) is 0 Å². The summed E-state index contributed by atoms with van der Waals surface area (Å²) in [6, 6.07) is 20.6. The van der Waals surface area contributed by atoms with Crippen molar-refractivity contribution in [2.75, 3.05) is 0 Å². The first-order valence-corrected chi connectivity index (χ1v) is 7.27. The molecule has 2 atom stereocenters. The Kier molecular flexibility index (Phi) is 3.65. The highest BCUT2D eigenvalue weighted by Crippen LogP contribution is 2.33. The molecule has 19 heavy (non-hydrogen) atoms. The van der Waals surface area contributed by atoms with Gasteiger partial charge >= 0.3 is 0 Å². The molecule has 2 unspecified atom stereocenters. The molecule has 3 rings (SSSR count). The fourth-order valence-corrected chi connectivity index (χ4v) is 3.11. The molecule has 0 aliphatic heterocycles. The zero-order chi connectivity index (χ0) is 13.1. The second kappa shape index (κ2) is 5.58. The van der Waals surface area contributed by atoms with Crippen LogP contribution in [0.5, 0.6) is 0 Å². The maximum Gasteiger partial charge on any atom is 0.0331 e. The second-order valence-corrected chi connectivity index (χ2v) is 5.33. The van der Waals surface area contributed by atoms with Crippen molar-refractivity contribution < 1.29 is 0 Å². The molecule has 0 spiro atoms. The van der Waals surface area contributed by atoms with Gasteiger partial charge in [0, 0.05) is 12.1 Å². The van der Waals surface area contributed by atoms with Gasteiger partial charge in [-0.05, 0) is 36.0 Å². The third-order valence-electron chi connectivity index (χ3n) is 4.15. The lowest BCUT2D eigenvalue weighted by atomic mass is 10.0. The third kappa shape index (κ3) is 2.57. The number of fused-ring (bicyclic) bond motifs is 1. The van der Waals surface area contributed by atoms with E-state index in [1.165, 1.54) is 29.5 Å². The summed E-state index contributed by atoms with van der Waals surface area (Å²) in [6.45, 7) is 2.26. The van der Waals surface area contributed by atoms with Gasteiger partial charge in [0.25, 0.3) is 0 Å². The molecule has 0 bridgehead atoms. The van der Waals surface area contributed by atoms with Crippen molar-refractivity contribution >= 4 is 0 Å². The van der Waals surface area contributed by atoms with E-state index >= 15 is 0 Å². The Hall–Kier alpha value is -1.60. The van der Waals surface area contributed by atoms with E-state index in [1.807, 2.05) is 0 Å². The fraction of sp³-hybridized carbons (Fsp3) is 0.333. The predicted octanol–water partition coefficient (Wildman–Crippen LogP) is 4.41. The van der Waals surface area contributed by atoms with Crippen molar-refractivity contribution in [2.45, 2.75) is 38.3 Å². The average Bonchev–Trinajstić information content (AvgIpc) is 2.89. The summed E-state index contributed by atoms with van der Waals surface area (Å²) in [5, 5.41) is 3.84. The molecular formula is C18H21N. The Bertz CT molecular complexity index is 532. The molecule has 0 radical (unpaired) electrons. The standard InChI is InChI=1S/C18H21N/c1-2-17(15-9-4-3-5-10-15)19-18-13-12-14-8-6-7-11-16(14)18/h3-11,17-19H,2,12-13H2,1H3. The first kappa shape index (κ1) is 12.4. The van der Waals surface area contributed by atoms with E-state index in [4.69, 9.17) is 0 Å². The van der Waals surface area contributed by atoms with Gasteiger partial charge in [-0.1, -0.05) is 61.5 Å². The molecular weight excluding hydrogens is 230 g/mol. The predicted molar refractivity (Wildman–Crippen MR) is 80.1 cm³/mol. The minimum Gasteiger partial charge on any atom is -0.303 e. The maximum absolute atomic E-state index is 3.84. The SMILES string of the molecule is CCC(NC1CCc2ccccc21)c1ccccc1. The third-order valence-corrected chi connectivity index (χ3v) is 4.15. The molecule has 0 saturated heterocycles. The quantitative estimate of drug-likeness (QED) is 0.848. The highest BCUT2D eigenvalue weighted by atomic mass is 15.0. The van der Waals surface area contributed by atoms with Crippen molar-refractivity contribution in [1.82, 2.24) is 5.32 Å². The first-order chi connectivity index (χ1) is 9.38. The number of hydrogen-bond donors (Lipinski definition) is 1. The zero-order valence-corrected chi connectivity index (χ0v) is 11.5. The number of hydrogen-bond acceptors (Lipinski definition) is 1. The van der Waals surface area contributed by atoms with Gasteiger partial charge in [0.2, 0.25) is 0 Å². The van der Waals surface area contributed by atoms with Crippen LogP contribution in [-0.2, 0) is 6.42 Å². The van der Waals surface area contributed by atoms with E-state index in [0.29, 0.717) is 12.1 Å². The van der Waals surface area contributed by atoms with Crippen molar-refractivity contribution in [2.24, 2.45) is 0 Å². The molecule has 1 heteroatoms.